The Hall–Kier alpha value is -1.22. The fourth-order valence-electron chi connectivity index (χ4n) is 0.552. The maximum atomic E-state index is 9.28. The van der Waals surface area contributed by atoms with Crippen LogP contribution < -0.4 is 5.73 Å². The first kappa shape index (κ1) is 9.78. The molecule has 0 spiro atoms. The Morgan fingerprint density at radius 1 is 1.73 bits per heavy atom. The quantitative estimate of drug-likeness (QED) is 0.472. The number of aliphatic hydroxyl groups is 1. The lowest BCUT2D eigenvalue weighted by Gasteiger charge is -2.05. The molecule has 0 radical (unpaired) electrons. The molecule has 0 saturated carbocycles. The van der Waals surface area contributed by atoms with Gasteiger partial charge in [-0.15, -0.1) is 0 Å². The van der Waals surface area contributed by atoms with Gasteiger partial charge in [0.05, 0.1) is 7.11 Å². The van der Waals surface area contributed by atoms with E-state index in [1.807, 2.05) is 0 Å². The number of hydrogen-bond donors (Lipinski definition) is 2. The Kier molecular flexibility index (Phi) is 4.07. The Morgan fingerprint density at radius 2 is 2.27 bits per heavy atom. The number of hydrogen-bond acceptors (Lipinski definition) is 3. The van der Waals surface area contributed by atoms with Crippen LogP contribution in [0.25, 0.3) is 0 Å². The number of aliphatic hydroxyl groups excluding tert-OH is 1. The van der Waals surface area contributed by atoms with Gasteiger partial charge >= 0.3 is 0 Å². The maximum Gasteiger partial charge on any atom is 0.161 e. The third kappa shape index (κ3) is 2.47. The first-order valence-electron chi connectivity index (χ1n) is 3.15. The molecule has 0 aromatic carbocycles. The van der Waals surface area contributed by atoms with Gasteiger partial charge < -0.3 is 15.6 Å². The predicted octanol–water partition coefficient (Wildman–Crippen LogP) is 1.10. The molecule has 0 rings (SSSR count). The van der Waals surface area contributed by atoms with Crippen LogP contribution in [-0.4, -0.2) is 18.8 Å². The van der Waals surface area contributed by atoms with Crippen LogP contribution in [0, 0.1) is 0 Å². The molecule has 0 aliphatic carbocycles. The van der Waals surface area contributed by atoms with Crippen molar-refractivity contribution in [2.24, 2.45) is 5.73 Å². The minimum atomic E-state index is -0.0370. The van der Waals surface area contributed by atoms with Crippen molar-refractivity contribution in [3.63, 3.8) is 0 Å². The van der Waals surface area contributed by atoms with E-state index in [1.54, 1.807) is 0 Å². The lowest BCUT2D eigenvalue weighted by Crippen LogP contribution is -2.05. The molecule has 0 aliphatic rings. The minimum absolute atomic E-state index is 0.0370. The predicted molar refractivity (Wildman–Crippen MR) is 45.1 cm³/mol. The SMILES string of the molecule is C=C/C(CN)=C(/O)C(=C)OC. The zero-order chi connectivity index (χ0) is 8.85. The summed E-state index contributed by atoms with van der Waals surface area (Å²) in [5, 5.41) is 9.28. The monoisotopic (exact) mass is 155 g/mol. The zero-order valence-corrected chi connectivity index (χ0v) is 6.63. The van der Waals surface area contributed by atoms with Crippen LogP contribution in [0.15, 0.2) is 36.3 Å². The van der Waals surface area contributed by atoms with E-state index in [9.17, 15) is 5.11 Å². The van der Waals surface area contributed by atoms with Crippen molar-refractivity contribution >= 4 is 0 Å². The van der Waals surface area contributed by atoms with Crippen LogP contribution in [-0.2, 0) is 4.74 Å². The van der Waals surface area contributed by atoms with Crippen LogP contribution in [0.5, 0.6) is 0 Å². The summed E-state index contributed by atoms with van der Waals surface area (Å²) >= 11 is 0. The molecule has 3 heteroatoms. The van der Waals surface area contributed by atoms with Crippen molar-refractivity contribution in [1.29, 1.82) is 0 Å². The minimum Gasteiger partial charge on any atom is -0.504 e. The molecule has 0 saturated heterocycles. The highest BCUT2D eigenvalue weighted by Gasteiger charge is 2.03. The molecular formula is C8H13NO2. The van der Waals surface area contributed by atoms with Crippen molar-refractivity contribution in [3.8, 4) is 0 Å². The molecule has 11 heavy (non-hydrogen) atoms. The van der Waals surface area contributed by atoms with Crippen molar-refractivity contribution in [2.45, 2.75) is 0 Å². The molecule has 0 unspecified atom stereocenters. The van der Waals surface area contributed by atoms with Crippen LogP contribution in [0.2, 0.25) is 0 Å². The van der Waals surface area contributed by atoms with Gasteiger partial charge in [-0.1, -0.05) is 19.2 Å². The van der Waals surface area contributed by atoms with E-state index in [0.29, 0.717) is 5.57 Å². The van der Waals surface area contributed by atoms with Crippen LogP contribution >= 0.6 is 0 Å². The summed E-state index contributed by atoms with van der Waals surface area (Å²) in [6, 6.07) is 0. The summed E-state index contributed by atoms with van der Waals surface area (Å²) in [7, 11) is 1.43. The van der Waals surface area contributed by atoms with Gasteiger partial charge in [-0.2, -0.15) is 0 Å². The van der Waals surface area contributed by atoms with Gasteiger partial charge in [-0.05, 0) is 0 Å². The van der Waals surface area contributed by atoms with Crippen molar-refractivity contribution in [1.82, 2.24) is 0 Å². The largest absolute Gasteiger partial charge is 0.504 e. The second-order valence-electron chi connectivity index (χ2n) is 1.91. The van der Waals surface area contributed by atoms with E-state index < -0.39 is 0 Å². The van der Waals surface area contributed by atoms with E-state index in [0.717, 1.165) is 0 Å². The average Bonchev–Trinajstić information content (AvgIpc) is 2.05. The molecule has 3 N–H and O–H groups in total. The molecule has 0 amide bonds. The molecule has 0 atom stereocenters. The molecule has 0 aliphatic heterocycles. The standard InChI is InChI=1S/C8H13NO2/c1-4-7(5-9)8(10)6(2)11-3/h4,10H,1-2,5,9H2,3H3/b8-7-. The highest BCUT2D eigenvalue weighted by atomic mass is 16.5. The maximum absolute atomic E-state index is 9.28. The van der Waals surface area contributed by atoms with Gasteiger partial charge in [0.1, 0.15) is 0 Å². The molecule has 3 nitrogen and oxygen atoms in total. The number of ether oxygens (including phenoxy) is 1. The van der Waals surface area contributed by atoms with Crippen LogP contribution in [0.1, 0.15) is 0 Å². The highest BCUT2D eigenvalue weighted by Crippen LogP contribution is 2.09. The summed E-state index contributed by atoms with van der Waals surface area (Å²) in [4.78, 5) is 0. The van der Waals surface area contributed by atoms with Gasteiger partial charge in [0.2, 0.25) is 0 Å². The summed E-state index contributed by atoms with van der Waals surface area (Å²) in [6.07, 6.45) is 1.47. The average molecular weight is 155 g/mol. The van der Waals surface area contributed by atoms with Crippen LogP contribution in [0.3, 0.4) is 0 Å². The fourth-order valence-corrected chi connectivity index (χ4v) is 0.552. The van der Waals surface area contributed by atoms with E-state index in [1.165, 1.54) is 13.2 Å². The lowest BCUT2D eigenvalue weighted by atomic mass is 10.2. The Bertz CT molecular complexity index is 194. The van der Waals surface area contributed by atoms with Crippen molar-refractivity contribution in [2.75, 3.05) is 13.7 Å². The Balaban J connectivity index is 4.60. The highest BCUT2D eigenvalue weighted by molar-refractivity contribution is 5.30. The second kappa shape index (κ2) is 4.57. The molecule has 62 valence electrons. The Morgan fingerprint density at radius 3 is 2.55 bits per heavy atom. The zero-order valence-electron chi connectivity index (χ0n) is 6.63. The normalized spacial score (nSPS) is 11.8. The van der Waals surface area contributed by atoms with E-state index in [-0.39, 0.29) is 18.1 Å². The topological polar surface area (TPSA) is 55.5 Å². The first-order valence-corrected chi connectivity index (χ1v) is 3.15. The number of nitrogens with two attached hydrogens (primary N) is 1. The van der Waals surface area contributed by atoms with Crippen molar-refractivity contribution < 1.29 is 9.84 Å². The number of rotatable bonds is 4. The molecule has 0 heterocycles. The molecule has 0 aromatic heterocycles. The number of methoxy groups -OCH3 is 1. The fraction of sp³-hybridized carbons (Fsp3) is 0.250. The molecule has 0 fully saturated rings. The van der Waals surface area contributed by atoms with E-state index in [4.69, 9.17) is 10.5 Å². The summed E-state index contributed by atoms with van der Waals surface area (Å²) in [5.74, 6) is 0.162. The van der Waals surface area contributed by atoms with Crippen LogP contribution in [0.4, 0.5) is 0 Å². The van der Waals surface area contributed by atoms with Gasteiger partial charge in [0.15, 0.2) is 11.5 Å². The summed E-state index contributed by atoms with van der Waals surface area (Å²) < 4.78 is 4.69. The summed E-state index contributed by atoms with van der Waals surface area (Å²) in [5.41, 5.74) is 5.82. The van der Waals surface area contributed by atoms with Gasteiger partial charge in [0, 0.05) is 12.1 Å². The third-order valence-electron chi connectivity index (χ3n) is 1.28. The van der Waals surface area contributed by atoms with Gasteiger partial charge in [-0.25, -0.2) is 0 Å². The van der Waals surface area contributed by atoms with Gasteiger partial charge in [0.25, 0.3) is 0 Å². The second-order valence-corrected chi connectivity index (χ2v) is 1.91. The molecule has 0 aromatic rings. The van der Waals surface area contributed by atoms with E-state index in [2.05, 4.69) is 13.2 Å². The molecular weight excluding hydrogens is 142 g/mol. The van der Waals surface area contributed by atoms with Gasteiger partial charge in [-0.3, -0.25) is 0 Å². The Labute approximate surface area is 66.5 Å². The third-order valence-corrected chi connectivity index (χ3v) is 1.28. The summed E-state index contributed by atoms with van der Waals surface area (Å²) in [6.45, 7) is 7.15. The van der Waals surface area contributed by atoms with E-state index >= 15 is 0 Å². The first-order chi connectivity index (χ1) is 5.17. The molecule has 0 bridgehead atoms. The lowest BCUT2D eigenvalue weighted by molar-refractivity contribution is 0.256. The van der Waals surface area contributed by atoms with Crippen molar-refractivity contribution in [3.05, 3.63) is 36.3 Å². The smallest absolute Gasteiger partial charge is 0.161 e.